The number of carboxylic acid groups (broad SMARTS) is 1. The van der Waals surface area contributed by atoms with E-state index in [0.29, 0.717) is 11.3 Å². The van der Waals surface area contributed by atoms with Gasteiger partial charge in [0.25, 0.3) is 5.69 Å². The summed E-state index contributed by atoms with van der Waals surface area (Å²) in [4.78, 5) is 24.3. The minimum atomic E-state index is -1.08. The second kappa shape index (κ2) is 9.89. The molecule has 9 heteroatoms. The third-order valence-electron chi connectivity index (χ3n) is 7.80. The normalized spacial score (nSPS) is 23.2. The van der Waals surface area contributed by atoms with Crippen molar-refractivity contribution in [1.29, 1.82) is 0 Å². The summed E-state index contributed by atoms with van der Waals surface area (Å²) in [6, 6.07) is 15.9. The van der Waals surface area contributed by atoms with Crippen molar-refractivity contribution in [3.63, 3.8) is 0 Å². The van der Waals surface area contributed by atoms with Crippen molar-refractivity contribution in [1.82, 2.24) is 15.3 Å². The lowest BCUT2D eigenvalue weighted by atomic mass is 9.75. The fourth-order valence-corrected chi connectivity index (χ4v) is 6.32. The van der Waals surface area contributed by atoms with Crippen LogP contribution in [0.1, 0.15) is 51.0 Å². The number of rotatable bonds is 7. The minimum Gasteiger partial charge on any atom is -0.478 e. The third kappa shape index (κ3) is 4.33. The van der Waals surface area contributed by atoms with Crippen LogP contribution < -0.4 is 10.1 Å². The van der Waals surface area contributed by atoms with E-state index in [1.807, 2.05) is 49.3 Å². The van der Waals surface area contributed by atoms with Crippen molar-refractivity contribution in [3.8, 4) is 5.75 Å². The Kier molecular flexibility index (Phi) is 6.64. The maximum absolute atomic E-state index is 12.6. The Labute approximate surface area is 216 Å². The molecule has 5 rings (SSSR count). The average molecular weight is 505 g/mol. The summed E-state index contributed by atoms with van der Waals surface area (Å²) in [5.41, 5.74) is 1.80. The minimum absolute atomic E-state index is 0.0762. The molecule has 0 spiro atoms. The highest BCUT2D eigenvalue weighted by atomic mass is 16.6. The highest BCUT2D eigenvalue weighted by molar-refractivity contribution is 5.91. The molecule has 2 heterocycles. The molecule has 3 aliphatic rings. The van der Waals surface area contributed by atoms with Crippen LogP contribution in [-0.4, -0.2) is 45.3 Å². The number of benzene rings is 2. The van der Waals surface area contributed by atoms with Crippen molar-refractivity contribution < 1.29 is 19.6 Å². The van der Waals surface area contributed by atoms with Gasteiger partial charge in [-0.05, 0) is 44.7 Å². The van der Waals surface area contributed by atoms with Gasteiger partial charge in [-0.15, -0.1) is 0 Å². The van der Waals surface area contributed by atoms with Crippen molar-refractivity contribution in [2.75, 3.05) is 7.05 Å². The number of aliphatic carboxylic acids is 1. The van der Waals surface area contributed by atoms with Gasteiger partial charge in [-0.25, -0.2) is 4.79 Å². The van der Waals surface area contributed by atoms with Gasteiger partial charge in [-0.3, -0.25) is 15.1 Å². The fraction of sp³-hybridized carbons (Fsp3) is 0.393. The fourth-order valence-electron chi connectivity index (χ4n) is 6.32. The van der Waals surface area contributed by atoms with Crippen LogP contribution >= 0.6 is 0 Å². The van der Waals surface area contributed by atoms with Crippen LogP contribution in [0.2, 0.25) is 0 Å². The maximum Gasteiger partial charge on any atom is 0.334 e. The van der Waals surface area contributed by atoms with E-state index in [-0.39, 0.29) is 29.4 Å². The van der Waals surface area contributed by atoms with Crippen LogP contribution in [0.25, 0.3) is 0 Å². The predicted molar refractivity (Wildman–Crippen MR) is 138 cm³/mol. The quantitative estimate of drug-likeness (QED) is 0.401. The average Bonchev–Trinajstić information content (AvgIpc) is 3.50. The molecule has 3 atom stereocenters. The summed E-state index contributed by atoms with van der Waals surface area (Å²) < 4.78 is 6.36. The smallest absolute Gasteiger partial charge is 0.334 e. The Morgan fingerprint density at radius 2 is 1.78 bits per heavy atom. The van der Waals surface area contributed by atoms with Crippen molar-refractivity contribution >= 4 is 11.7 Å². The monoisotopic (exact) mass is 504 g/mol. The molecule has 2 aromatic carbocycles. The molecule has 3 unspecified atom stereocenters. The second-order valence-corrected chi connectivity index (χ2v) is 9.94. The molecule has 0 radical (unpaired) electrons. The van der Waals surface area contributed by atoms with Crippen LogP contribution in [0.15, 0.2) is 77.3 Å². The van der Waals surface area contributed by atoms with Crippen molar-refractivity contribution in [2.24, 2.45) is 5.92 Å². The topological polar surface area (TPSA) is 108 Å². The first-order chi connectivity index (χ1) is 17.8. The molecule has 1 aliphatic carbocycles. The standard InChI is InChI=1S/C28H32N4O5/c1-17-23(28(33)34)24(21-15-9-10-16-22(21)32(35)36)25-26(19-11-7-8-12-19)31(30(3)27(25)29-17)18(2)37-20-13-5-4-6-14-20/h4-6,9-10,13-16,18-19,24,26,29H,7-8,11-12H2,1-3H3,(H,33,34). The Balaban J connectivity index is 1.66. The number of nitro groups is 1. The number of nitro benzene ring substituents is 1. The number of nitrogens with zero attached hydrogens (tertiary/aromatic N) is 3. The van der Waals surface area contributed by atoms with Crippen LogP contribution in [0.3, 0.4) is 0 Å². The maximum atomic E-state index is 12.6. The number of carbonyl (C=O) groups is 1. The number of hydrogen-bond acceptors (Lipinski definition) is 7. The van der Waals surface area contributed by atoms with Crippen LogP contribution in [0.4, 0.5) is 5.69 Å². The van der Waals surface area contributed by atoms with E-state index in [1.165, 1.54) is 6.07 Å². The summed E-state index contributed by atoms with van der Waals surface area (Å²) >= 11 is 0. The summed E-state index contributed by atoms with van der Waals surface area (Å²) in [6.45, 7) is 3.71. The predicted octanol–water partition coefficient (Wildman–Crippen LogP) is 5.00. The second-order valence-electron chi connectivity index (χ2n) is 9.94. The molecular weight excluding hydrogens is 472 g/mol. The highest BCUT2D eigenvalue weighted by Crippen LogP contribution is 2.51. The number of nitrogens with one attached hydrogen (secondary N) is 1. The van der Waals surface area contributed by atoms with E-state index in [4.69, 9.17) is 4.74 Å². The van der Waals surface area contributed by atoms with Crippen LogP contribution in [0.5, 0.6) is 5.75 Å². The Morgan fingerprint density at radius 3 is 2.43 bits per heavy atom. The number of para-hydroxylation sites is 2. The number of dihydropyridines is 1. The van der Waals surface area contributed by atoms with Gasteiger partial charge in [-0.2, -0.15) is 5.01 Å². The zero-order chi connectivity index (χ0) is 26.3. The van der Waals surface area contributed by atoms with E-state index >= 15 is 0 Å². The Bertz CT molecular complexity index is 1270. The first-order valence-corrected chi connectivity index (χ1v) is 12.7. The molecule has 1 saturated carbocycles. The summed E-state index contributed by atoms with van der Waals surface area (Å²) in [5, 5.41) is 29.9. The zero-order valence-corrected chi connectivity index (χ0v) is 21.3. The summed E-state index contributed by atoms with van der Waals surface area (Å²) in [7, 11) is 1.94. The van der Waals surface area contributed by atoms with Crippen molar-refractivity contribution in [2.45, 2.75) is 57.7 Å². The highest BCUT2D eigenvalue weighted by Gasteiger charge is 2.52. The molecule has 2 aromatic rings. The van der Waals surface area contributed by atoms with E-state index in [0.717, 1.165) is 42.8 Å². The molecule has 0 bridgehead atoms. The molecule has 0 saturated heterocycles. The van der Waals surface area contributed by atoms with Crippen LogP contribution in [0, 0.1) is 16.0 Å². The molecule has 2 N–H and O–H groups in total. The largest absolute Gasteiger partial charge is 0.478 e. The summed E-state index contributed by atoms with van der Waals surface area (Å²) in [6.07, 6.45) is 3.82. The molecule has 9 nitrogen and oxygen atoms in total. The lowest BCUT2D eigenvalue weighted by Crippen LogP contribution is -2.51. The van der Waals surface area contributed by atoms with E-state index in [2.05, 4.69) is 10.3 Å². The number of hydrazine groups is 1. The molecule has 0 amide bonds. The third-order valence-corrected chi connectivity index (χ3v) is 7.80. The van der Waals surface area contributed by atoms with Gasteiger partial charge in [0.2, 0.25) is 0 Å². The number of hydrogen-bond donors (Lipinski definition) is 2. The molecule has 194 valence electrons. The lowest BCUT2D eigenvalue weighted by Gasteiger charge is -2.39. The van der Waals surface area contributed by atoms with Crippen LogP contribution in [-0.2, 0) is 4.79 Å². The lowest BCUT2D eigenvalue weighted by molar-refractivity contribution is -0.385. The number of allylic oxidation sites excluding steroid dienone is 1. The molecule has 2 aliphatic heterocycles. The van der Waals surface area contributed by atoms with Gasteiger partial charge < -0.3 is 15.2 Å². The molecule has 1 fully saturated rings. The van der Waals surface area contributed by atoms with E-state index < -0.39 is 16.8 Å². The van der Waals surface area contributed by atoms with Gasteiger partial charge >= 0.3 is 5.97 Å². The Morgan fingerprint density at radius 1 is 1.14 bits per heavy atom. The number of carboxylic acids is 1. The SMILES string of the molecule is CC1=C(C(=O)O)C(c2ccccc2[N+](=O)[O-])C2=C(N1)N(C)N(C(C)Oc1ccccc1)C2C1CCCC1. The molecule has 37 heavy (non-hydrogen) atoms. The Hall–Kier alpha value is -3.85. The van der Waals surface area contributed by atoms with Gasteiger partial charge in [0, 0.05) is 29.9 Å². The van der Waals surface area contributed by atoms with Gasteiger partial charge in [-0.1, -0.05) is 49.2 Å². The van der Waals surface area contributed by atoms with Gasteiger partial charge in [0.1, 0.15) is 11.6 Å². The van der Waals surface area contributed by atoms with Gasteiger partial charge in [0.15, 0.2) is 6.23 Å². The molecular formula is C28H32N4O5. The van der Waals surface area contributed by atoms with Crippen molar-refractivity contribution in [3.05, 3.63) is 92.9 Å². The van der Waals surface area contributed by atoms with E-state index in [9.17, 15) is 20.0 Å². The van der Waals surface area contributed by atoms with Gasteiger partial charge in [0.05, 0.1) is 22.5 Å². The van der Waals surface area contributed by atoms with E-state index in [1.54, 1.807) is 25.1 Å². The summed E-state index contributed by atoms with van der Waals surface area (Å²) in [5.74, 6) is -0.0811. The molecule has 0 aromatic heterocycles. The first-order valence-electron chi connectivity index (χ1n) is 12.7. The zero-order valence-electron chi connectivity index (χ0n) is 21.3. The number of ether oxygens (including phenoxy) is 1. The first kappa shape index (κ1) is 24.8.